The van der Waals surface area contributed by atoms with E-state index in [9.17, 15) is 0 Å². The first-order valence-corrected chi connectivity index (χ1v) is 8.12. The number of halogens is 1. The van der Waals surface area contributed by atoms with E-state index in [1.807, 2.05) is 12.1 Å². The predicted molar refractivity (Wildman–Crippen MR) is 91.3 cm³/mol. The fourth-order valence-electron chi connectivity index (χ4n) is 1.96. The van der Waals surface area contributed by atoms with Crippen molar-refractivity contribution in [3.63, 3.8) is 0 Å². The van der Waals surface area contributed by atoms with E-state index in [1.165, 1.54) is 5.56 Å². The highest BCUT2D eigenvalue weighted by molar-refractivity contribution is 6.32. The number of nitrogens with one attached hydrogen (secondary N) is 1. The summed E-state index contributed by atoms with van der Waals surface area (Å²) in [6.45, 7) is 15.3. The van der Waals surface area contributed by atoms with Crippen molar-refractivity contribution >= 4 is 11.6 Å². The summed E-state index contributed by atoms with van der Waals surface area (Å²) >= 11 is 6.30. The summed E-state index contributed by atoms with van der Waals surface area (Å²) in [6, 6.07) is 6.01. The van der Waals surface area contributed by atoms with Crippen molar-refractivity contribution in [3.05, 3.63) is 28.8 Å². The van der Waals surface area contributed by atoms with E-state index in [0.717, 1.165) is 31.9 Å². The average molecular weight is 313 g/mol. The van der Waals surface area contributed by atoms with Crippen molar-refractivity contribution in [2.45, 2.75) is 46.7 Å². The number of ether oxygens (including phenoxy) is 1. The van der Waals surface area contributed by atoms with Gasteiger partial charge < -0.3 is 15.0 Å². The molecular formula is C17H29ClN2O. The highest BCUT2D eigenvalue weighted by Gasteiger charge is 2.10. The Morgan fingerprint density at radius 3 is 2.38 bits per heavy atom. The molecule has 0 atom stereocenters. The van der Waals surface area contributed by atoms with Crippen LogP contribution in [0.5, 0.6) is 5.75 Å². The van der Waals surface area contributed by atoms with Crippen LogP contribution in [0, 0.1) is 0 Å². The molecule has 0 aromatic heterocycles. The number of rotatable bonds is 8. The topological polar surface area (TPSA) is 24.5 Å². The number of hydrogen-bond acceptors (Lipinski definition) is 3. The molecule has 0 aliphatic carbocycles. The van der Waals surface area contributed by atoms with E-state index >= 15 is 0 Å². The summed E-state index contributed by atoms with van der Waals surface area (Å²) in [5.74, 6) is 0.767. The van der Waals surface area contributed by atoms with Crippen LogP contribution < -0.4 is 10.1 Å². The van der Waals surface area contributed by atoms with Crippen LogP contribution in [-0.4, -0.2) is 36.7 Å². The Kier molecular flexibility index (Phi) is 7.50. The third-order valence-corrected chi connectivity index (χ3v) is 3.67. The van der Waals surface area contributed by atoms with Gasteiger partial charge in [0.2, 0.25) is 0 Å². The number of hydrogen-bond donors (Lipinski definition) is 1. The molecule has 0 amide bonds. The zero-order chi connectivity index (χ0) is 15.9. The highest BCUT2D eigenvalue weighted by Crippen LogP contribution is 2.25. The monoisotopic (exact) mass is 312 g/mol. The van der Waals surface area contributed by atoms with Gasteiger partial charge in [-0.15, -0.1) is 0 Å². The Labute approximate surface area is 134 Å². The summed E-state index contributed by atoms with van der Waals surface area (Å²) in [4.78, 5) is 2.33. The van der Waals surface area contributed by atoms with Crippen molar-refractivity contribution in [2.24, 2.45) is 0 Å². The molecule has 1 aromatic carbocycles. The number of nitrogens with zero attached hydrogens (tertiary/aromatic N) is 1. The van der Waals surface area contributed by atoms with Gasteiger partial charge in [-0.25, -0.2) is 0 Å². The third-order valence-electron chi connectivity index (χ3n) is 3.38. The van der Waals surface area contributed by atoms with Gasteiger partial charge >= 0.3 is 0 Å². The highest BCUT2D eigenvalue weighted by atomic mass is 35.5. The van der Waals surface area contributed by atoms with Gasteiger partial charge in [0.1, 0.15) is 12.4 Å². The van der Waals surface area contributed by atoms with Gasteiger partial charge in [-0.1, -0.05) is 31.5 Å². The predicted octanol–water partition coefficient (Wildman–Crippen LogP) is 3.95. The lowest BCUT2D eigenvalue weighted by atomic mass is 10.1. The van der Waals surface area contributed by atoms with Crippen molar-refractivity contribution in [3.8, 4) is 5.75 Å². The summed E-state index contributed by atoms with van der Waals surface area (Å²) in [5.41, 5.74) is 1.27. The molecule has 0 radical (unpaired) electrons. The molecule has 4 heteroatoms. The first-order chi connectivity index (χ1) is 9.85. The summed E-state index contributed by atoms with van der Waals surface area (Å²) < 4.78 is 5.78. The Hall–Kier alpha value is -0.770. The second kappa shape index (κ2) is 8.62. The molecule has 0 saturated carbocycles. The van der Waals surface area contributed by atoms with Crippen LogP contribution in [-0.2, 0) is 6.54 Å². The van der Waals surface area contributed by atoms with Gasteiger partial charge in [-0.2, -0.15) is 0 Å². The Bertz CT molecular complexity index is 425. The largest absolute Gasteiger partial charge is 0.491 e. The van der Waals surface area contributed by atoms with Crippen LogP contribution in [0.4, 0.5) is 0 Å². The molecule has 1 aromatic rings. The molecule has 120 valence electrons. The molecule has 21 heavy (non-hydrogen) atoms. The Morgan fingerprint density at radius 1 is 1.19 bits per heavy atom. The van der Waals surface area contributed by atoms with Crippen LogP contribution >= 0.6 is 11.6 Å². The molecule has 1 N–H and O–H groups in total. The molecule has 0 saturated heterocycles. The van der Waals surface area contributed by atoms with Gasteiger partial charge in [0.15, 0.2) is 0 Å². The van der Waals surface area contributed by atoms with E-state index < -0.39 is 0 Å². The van der Waals surface area contributed by atoms with Crippen LogP contribution in [0.15, 0.2) is 18.2 Å². The molecule has 0 aliphatic heterocycles. The lowest BCUT2D eigenvalue weighted by molar-refractivity contribution is 0.223. The van der Waals surface area contributed by atoms with Crippen LogP contribution in [0.25, 0.3) is 0 Å². The lowest BCUT2D eigenvalue weighted by Gasteiger charge is -2.21. The second-order valence-electron chi connectivity index (χ2n) is 6.24. The fourth-order valence-corrected chi connectivity index (χ4v) is 2.22. The van der Waals surface area contributed by atoms with E-state index in [2.05, 4.69) is 50.9 Å². The minimum atomic E-state index is 0.103. The lowest BCUT2D eigenvalue weighted by Crippen LogP contribution is -2.35. The molecule has 3 nitrogen and oxygen atoms in total. The van der Waals surface area contributed by atoms with E-state index in [-0.39, 0.29) is 5.54 Å². The fraction of sp³-hybridized carbons (Fsp3) is 0.647. The van der Waals surface area contributed by atoms with Gasteiger partial charge in [-0.3, -0.25) is 0 Å². The van der Waals surface area contributed by atoms with Gasteiger partial charge in [-0.05, 0) is 51.6 Å². The molecular weight excluding hydrogens is 284 g/mol. The Morgan fingerprint density at radius 2 is 1.86 bits per heavy atom. The van der Waals surface area contributed by atoms with Crippen molar-refractivity contribution in [1.29, 1.82) is 0 Å². The van der Waals surface area contributed by atoms with E-state index in [0.29, 0.717) is 11.6 Å². The maximum Gasteiger partial charge on any atom is 0.137 e. The van der Waals surface area contributed by atoms with Crippen LogP contribution in [0.3, 0.4) is 0 Å². The maximum atomic E-state index is 6.30. The van der Waals surface area contributed by atoms with E-state index in [4.69, 9.17) is 16.3 Å². The van der Waals surface area contributed by atoms with Crippen molar-refractivity contribution in [1.82, 2.24) is 10.2 Å². The van der Waals surface area contributed by atoms with Crippen LogP contribution in [0.2, 0.25) is 5.02 Å². The first-order valence-electron chi connectivity index (χ1n) is 7.74. The molecule has 0 bridgehead atoms. The zero-order valence-electron chi connectivity index (χ0n) is 14.0. The SMILES string of the molecule is CCN(CC)CCOc1ccc(CNC(C)(C)C)cc1Cl. The molecule has 0 spiro atoms. The van der Waals surface area contributed by atoms with Crippen molar-refractivity contribution < 1.29 is 4.74 Å². The standard InChI is InChI=1S/C17H29ClN2O/c1-6-20(7-2)10-11-21-16-9-8-14(12-15(16)18)13-19-17(3,4)5/h8-9,12,19H,6-7,10-11,13H2,1-5H3. The summed E-state index contributed by atoms with van der Waals surface area (Å²) in [6.07, 6.45) is 0. The van der Waals surface area contributed by atoms with E-state index in [1.54, 1.807) is 0 Å². The maximum absolute atomic E-state index is 6.30. The van der Waals surface area contributed by atoms with Crippen LogP contribution in [0.1, 0.15) is 40.2 Å². The Balaban J connectivity index is 2.50. The van der Waals surface area contributed by atoms with Crippen molar-refractivity contribution in [2.75, 3.05) is 26.2 Å². The zero-order valence-corrected chi connectivity index (χ0v) is 14.8. The average Bonchev–Trinajstić information content (AvgIpc) is 2.42. The minimum Gasteiger partial charge on any atom is -0.491 e. The molecule has 0 unspecified atom stereocenters. The molecule has 0 aliphatic rings. The van der Waals surface area contributed by atoms with Gasteiger partial charge in [0, 0.05) is 18.6 Å². The molecule has 0 heterocycles. The quantitative estimate of drug-likeness (QED) is 0.786. The smallest absolute Gasteiger partial charge is 0.137 e. The molecule has 0 fully saturated rings. The number of benzene rings is 1. The third kappa shape index (κ3) is 7.16. The molecule has 1 rings (SSSR count). The van der Waals surface area contributed by atoms with Gasteiger partial charge in [0.05, 0.1) is 5.02 Å². The summed E-state index contributed by atoms with van der Waals surface area (Å²) in [7, 11) is 0. The second-order valence-corrected chi connectivity index (χ2v) is 6.65. The normalized spacial score (nSPS) is 12.0. The first kappa shape index (κ1) is 18.3. The number of likely N-dealkylation sites (N-methyl/N-ethyl adjacent to an activating group) is 1. The van der Waals surface area contributed by atoms with Gasteiger partial charge in [0.25, 0.3) is 0 Å². The summed E-state index contributed by atoms with van der Waals surface area (Å²) in [5, 5.41) is 4.14. The minimum absolute atomic E-state index is 0.103.